The average molecular weight is 400 g/mol. The van der Waals surface area contributed by atoms with Crippen LogP contribution in [0.4, 0.5) is 4.39 Å². The van der Waals surface area contributed by atoms with E-state index in [-0.39, 0.29) is 17.6 Å². The number of carbonyl (C=O) groups excluding carboxylic acids is 1. The molecule has 2 aromatic carbocycles. The van der Waals surface area contributed by atoms with Crippen molar-refractivity contribution >= 4 is 29.2 Å². The predicted octanol–water partition coefficient (Wildman–Crippen LogP) is 3.00. The number of imidazole rings is 1. The lowest BCUT2D eigenvalue weighted by molar-refractivity contribution is -0.0292. The van der Waals surface area contributed by atoms with Crippen LogP contribution in [0.3, 0.4) is 0 Å². The molecule has 1 amide bonds. The van der Waals surface area contributed by atoms with Crippen molar-refractivity contribution < 1.29 is 13.9 Å². The van der Waals surface area contributed by atoms with E-state index >= 15 is 0 Å². The quantitative estimate of drug-likeness (QED) is 0.576. The lowest BCUT2D eigenvalue weighted by Crippen LogP contribution is -2.47. The highest BCUT2D eigenvalue weighted by atomic mass is 32.1. The molecule has 3 N–H and O–H groups in total. The monoisotopic (exact) mass is 400 g/mol. The second-order valence-electron chi connectivity index (χ2n) is 6.88. The van der Waals surface area contributed by atoms with Crippen LogP contribution in [0.25, 0.3) is 11.0 Å². The van der Waals surface area contributed by atoms with Gasteiger partial charge in [-0.25, -0.2) is 4.39 Å². The zero-order valence-electron chi connectivity index (χ0n) is 15.2. The summed E-state index contributed by atoms with van der Waals surface area (Å²) in [6.07, 6.45) is -0.116. The zero-order chi connectivity index (χ0) is 19.5. The molecule has 3 aromatic rings. The summed E-state index contributed by atoms with van der Waals surface area (Å²) in [6, 6.07) is 12.8. The number of ether oxygens (including phenoxy) is 1. The Morgan fingerprint density at radius 2 is 2.11 bits per heavy atom. The smallest absolute Gasteiger partial charge is 0.253 e. The summed E-state index contributed by atoms with van der Waals surface area (Å²) in [5.41, 5.74) is 2.44. The van der Waals surface area contributed by atoms with Crippen molar-refractivity contribution in [3.63, 3.8) is 0 Å². The minimum atomic E-state index is -0.495. The van der Waals surface area contributed by atoms with Crippen LogP contribution in [0.2, 0.25) is 0 Å². The molecule has 28 heavy (non-hydrogen) atoms. The maximum atomic E-state index is 13.8. The van der Waals surface area contributed by atoms with Crippen molar-refractivity contribution in [1.82, 2.24) is 20.2 Å². The number of aromatic nitrogens is 2. The van der Waals surface area contributed by atoms with Crippen molar-refractivity contribution in [2.24, 2.45) is 0 Å². The molecule has 146 valence electrons. The van der Waals surface area contributed by atoms with Gasteiger partial charge >= 0.3 is 0 Å². The maximum Gasteiger partial charge on any atom is 0.253 e. The Morgan fingerprint density at radius 3 is 2.93 bits per heavy atom. The average Bonchev–Trinajstić information content (AvgIpc) is 3.06. The molecule has 1 atom stereocenters. The summed E-state index contributed by atoms with van der Waals surface area (Å²) in [4.78, 5) is 20.7. The fourth-order valence-electron chi connectivity index (χ4n) is 3.48. The third-order valence-corrected chi connectivity index (χ3v) is 5.00. The molecule has 0 radical (unpaired) electrons. The standard InChI is InChI=1S/C20H21FN4O2S/c21-14-8-16(18-17(9-14)23-20(28)24-18)19(26)22-10-15-12-25(6-7-27-15)11-13-4-2-1-3-5-13/h1-5,8-9,15H,6-7,10-12H2,(H,22,26)(H2,23,24,28). The molecule has 0 spiro atoms. The van der Waals surface area contributed by atoms with Crippen LogP contribution in [0.15, 0.2) is 42.5 Å². The Morgan fingerprint density at radius 1 is 1.29 bits per heavy atom. The van der Waals surface area contributed by atoms with Gasteiger partial charge in [-0.3, -0.25) is 9.69 Å². The molecule has 0 bridgehead atoms. The van der Waals surface area contributed by atoms with Crippen LogP contribution in [-0.2, 0) is 11.3 Å². The van der Waals surface area contributed by atoms with Gasteiger partial charge in [-0.2, -0.15) is 0 Å². The molecule has 0 saturated carbocycles. The van der Waals surface area contributed by atoms with Crippen molar-refractivity contribution in [1.29, 1.82) is 0 Å². The molecule has 0 aliphatic carbocycles. The van der Waals surface area contributed by atoms with Crippen LogP contribution < -0.4 is 5.32 Å². The fraction of sp³-hybridized carbons (Fsp3) is 0.300. The lowest BCUT2D eigenvalue weighted by atomic mass is 10.1. The fourth-order valence-corrected chi connectivity index (χ4v) is 3.69. The predicted molar refractivity (Wildman–Crippen MR) is 107 cm³/mol. The van der Waals surface area contributed by atoms with Crippen LogP contribution in [0.1, 0.15) is 15.9 Å². The zero-order valence-corrected chi connectivity index (χ0v) is 16.0. The highest BCUT2D eigenvalue weighted by molar-refractivity contribution is 7.71. The Balaban J connectivity index is 1.39. The molecule has 1 aliphatic heterocycles. The minimum absolute atomic E-state index is 0.116. The van der Waals surface area contributed by atoms with Gasteiger partial charge in [-0.1, -0.05) is 30.3 Å². The molecule has 1 fully saturated rings. The molecule has 8 heteroatoms. The van der Waals surface area contributed by atoms with Crippen molar-refractivity contribution in [3.8, 4) is 0 Å². The van der Waals surface area contributed by atoms with E-state index in [2.05, 4.69) is 32.3 Å². The topological polar surface area (TPSA) is 73.2 Å². The van der Waals surface area contributed by atoms with Gasteiger partial charge in [0, 0.05) is 26.2 Å². The number of hydrogen-bond acceptors (Lipinski definition) is 4. The molecule has 1 unspecified atom stereocenters. The van der Waals surface area contributed by atoms with Gasteiger partial charge in [0.2, 0.25) is 0 Å². The Bertz CT molecular complexity index is 1030. The normalized spacial score (nSPS) is 17.7. The highest BCUT2D eigenvalue weighted by Gasteiger charge is 2.22. The van der Waals surface area contributed by atoms with Gasteiger partial charge in [0.1, 0.15) is 5.82 Å². The van der Waals surface area contributed by atoms with Crippen molar-refractivity contribution in [3.05, 3.63) is 64.2 Å². The molecule has 6 nitrogen and oxygen atoms in total. The summed E-state index contributed by atoms with van der Waals surface area (Å²) >= 11 is 5.05. The number of nitrogens with zero attached hydrogens (tertiary/aromatic N) is 1. The summed E-state index contributed by atoms with van der Waals surface area (Å²) in [6.45, 7) is 3.39. The van der Waals surface area contributed by atoms with E-state index in [0.717, 1.165) is 19.6 Å². The first-order valence-electron chi connectivity index (χ1n) is 9.16. The van der Waals surface area contributed by atoms with Gasteiger partial charge in [0.15, 0.2) is 4.77 Å². The molecule has 1 aliphatic rings. The first-order valence-corrected chi connectivity index (χ1v) is 9.57. The van der Waals surface area contributed by atoms with E-state index in [9.17, 15) is 9.18 Å². The number of aromatic amines is 2. The summed E-state index contributed by atoms with van der Waals surface area (Å²) in [7, 11) is 0. The number of carbonyl (C=O) groups is 1. The van der Waals surface area contributed by atoms with Gasteiger partial charge in [0.05, 0.1) is 29.3 Å². The minimum Gasteiger partial charge on any atom is -0.374 e. The SMILES string of the molecule is O=C(NCC1CN(Cc2ccccc2)CCO1)c1cc(F)cc2[nH]c(=S)[nH]c12. The molecule has 4 rings (SSSR count). The molecule has 1 saturated heterocycles. The Labute approximate surface area is 166 Å². The first-order chi connectivity index (χ1) is 13.6. The largest absolute Gasteiger partial charge is 0.374 e. The molecule has 2 heterocycles. The summed E-state index contributed by atoms with van der Waals surface area (Å²) < 4.78 is 20.0. The van der Waals surface area contributed by atoms with Crippen LogP contribution in [0.5, 0.6) is 0 Å². The Kier molecular flexibility index (Phi) is 5.52. The van der Waals surface area contributed by atoms with E-state index in [4.69, 9.17) is 17.0 Å². The van der Waals surface area contributed by atoms with Crippen molar-refractivity contribution in [2.75, 3.05) is 26.2 Å². The second kappa shape index (κ2) is 8.22. The number of H-pyrrole nitrogens is 2. The number of halogens is 1. The number of hydrogen-bond donors (Lipinski definition) is 3. The maximum absolute atomic E-state index is 13.8. The molecular weight excluding hydrogens is 379 g/mol. The Hall–Kier alpha value is -2.55. The number of fused-ring (bicyclic) bond motifs is 1. The first kappa shape index (κ1) is 18.8. The summed E-state index contributed by atoms with van der Waals surface area (Å²) in [5, 5.41) is 2.86. The van der Waals surface area contributed by atoms with Gasteiger partial charge in [-0.15, -0.1) is 0 Å². The van der Waals surface area contributed by atoms with E-state index in [0.29, 0.717) is 29.0 Å². The number of rotatable bonds is 5. The summed E-state index contributed by atoms with van der Waals surface area (Å²) in [5.74, 6) is -0.857. The number of morpholine rings is 1. The van der Waals surface area contributed by atoms with Gasteiger partial charge in [0.25, 0.3) is 5.91 Å². The highest BCUT2D eigenvalue weighted by Crippen LogP contribution is 2.18. The molecular formula is C20H21FN4O2S. The van der Waals surface area contributed by atoms with E-state index in [1.807, 2.05) is 18.2 Å². The lowest BCUT2D eigenvalue weighted by Gasteiger charge is -2.33. The van der Waals surface area contributed by atoms with E-state index < -0.39 is 5.82 Å². The van der Waals surface area contributed by atoms with Crippen LogP contribution >= 0.6 is 12.2 Å². The van der Waals surface area contributed by atoms with Crippen molar-refractivity contribution in [2.45, 2.75) is 12.6 Å². The van der Waals surface area contributed by atoms with Gasteiger partial charge in [-0.05, 0) is 29.9 Å². The number of benzene rings is 2. The van der Waals surface area contributed by atoms with Crippen LogP contribution in [-0.4, -0.2) is 53.1 Å². The number of nitrogens with one attached hydrogen (secondary N) is 3. The van der Waals surface area contributed by atoms with E-state index in [1.54, 1.807) is 0 Å². The van der Waals surface area contributed by atoms with E-state index in [1.165, 1.54) is 17.7 Å². The molecule has 1 aromatic heterocycles. The third kappa shape index (κ3) is 4.30. The second-order valence-corrected chi connectivity index (χ2v) is 7.29. The third-order valence-electron chi connectivity index (χ3n) is 4.80. The van der Waals surface area contributed by atoms with Crippen LogP contribution in [0, 0.1) is 10.6 Å². The van der Waals surface area contributed by atoms with Gasteiger partial charge < -0.3 is 20.0 Å². The number of amides is 1.